The van der Waals surface area contributed by atoms with Crippen LogP contribution in [0.3, 0.4) is 0 Å². The summed E-state index contributed by atoms with van der Waals surface area (Å²) in [4.78, 5) is 12.4. The number of allylic oxidation sites excluding steroid dienone is 1. The van der Waals surface area contributed by atoms with Crippen LogP contribution in [0.4, 0.5) is 0 Å². The van der Waals surface area contributed by atoms with Gasteiger partial charge in [-0.25, -0.2) is 0 Å². The highest BCUT2D eigenvalue weighted by Gasteiger charge is 2.14. The van der Waals surface area contributed by atoms with Gasteiger partial charge in [-0.1, -0.05) is 12.1 Å². The van der Waals surface area contributed by atoms with Gasteiger partial charge in [0.1, 0.15) is 17.6 Å². The van der Waals surface area contributed by atoms with Crippen LogP contribution in [0.25, 0.3) is 10.6 Å². The molecule has 2 aromatic rings. The molecule has 106 valence electrons. The van der Waals surface area contributed by atoms with Crippen LogP contribution in [-0.2, 0) is 4.79 Å². The lowest BCUT2D eigenvalue weighted by Gasteiger charge is -2.09. The van der Waals surface area contributed by atoms with Crippen molar-refractivity contribution in [1.29, 1.82) is 0 Å². The maximum Gasteiger partial charge on any atom is 0.220 e. The average molecular weight is 291 g/mol. The zero-order valence-corrected chi connectivity index (χ0v) is 11.9. The van der Waals surface area contributed by atoms with E-state index >= 15 is 0 Å². The van der Waals surface area contributed by atoms with Gasteiger partial charge in [-0.15, -0.1) is 17.9 Å². The second-order valence-electron chi connectivity index (χ2n) is 4.33. The molecule has 0 aliphatic heterocycles. The third kappa shape index (κ3) is 3.82. The van der Waals surface area contributed by atoms with E-state index in [0.717, 1.165) is 10.6 Å². The summed E-state index contributed by atoms with van der Waals surface area (Å²) in [5.74, 6) is 1.08. The molecule has 5 heteroatoms. The molecule has 0 bridgehead atoms. The highest BCUT2D eigenvalue weighted by atomic mass is 32.1. The van der Waals surface area contributed by atoms with Crippen LogP contribution in [-0.4, -0.2) is 17.6 Å². The first-order chi connectivity index (χ1) is 9.70. The smallest absolute Gasteiger partial charge is 0.220 e. The van der Waals surface area contributed by atoms with Crippen LogP contribution in [0.2, 0.25) is 0 Å². The molecule has 1 unspecified atom stereocenters. The molecule has 4 nitrogen and oxygen atoms in total. The lowest BCUT2D eigenvalue weighted by atomic mass is 10.2. The van der Waals surface area contributed by atoms with Crippen molar-refractivity contribution >= 4 is 17.2 Å². The summed E-state index contributed by atoms with van der Waals surface area (Å²) in [6, 6.07) is 7.45. The summed E-state index contributed by atoms with van der Waals surface area (Å²) in [5.41, 5.74) is 0. The predicted molar refractivity (Wildman–Crippen MR) is 79.4 cm³/mol. The lowest BCUT2D eigenvalue weighted by molar-refractivity contribution is -0.121. The quantitative estimate of drug-likeness (QED) is 0.770. The zero-order valence-electron chi connectivity index (χ0n) is 11.0. The average Bonchev–Trinajstić information content (AvgIpc) is 3.11. The molecule has 2 heterocycles. The Balaban J connectivity index is 1.88. The van der Waals surface area contributed by atoms with E-state index in [0.29, 0.717) is 18.6 Å². The molecule has 0 spiro atoms. The first-order valence-electron chi connectivity index (χ1n) is 6.40. The minimum atomic E-state index is -0.837. The molecule has 2 aromatic heterocycles. The van der Waals surface area contributed by atoms with Gasteiger partial charge in [0.2, 0.25) is 5.91 Å². The van der Waals surface area contributed by atoms with E-state index in [1.54, 1.807) is 23.5 Å². The Morgan fingerprint density at radius 2 is 2.35 bits per heavy atom. The molecule has 0 aliphatic carbocycles. The number of rotatable bonds is 7. The van der Waals surface area contributed by atoms with Crippen LogP contribution in [0.1, 0.15) is 24.7 Å². The molecular weight excluding hydrogens is 274 g/mol. The molecule has 0 radical (unpaired) electrons. The Kier molecular flexibility index (Phi) is 5.15. The molecular formula is C15H17NO3S. The van der Waals surface area contributed by atoms with Crippen LogP contribution < -0.4 is 5.32 Å². The summed E-state index contributed by atoms with van der Waals surface area (Å²) in [6.07, 6.45) is 1.87. The fourth-order valence-corrected chi connectivity index (χ4v) is 2.40. The summed E-state index contributed by atoms with van der Waals surface area (Å²) >= 11 is 1.57. The van der Waals surface area contributed by atoms with Crippen molar-refractivity contribution in [2.24, 2.45) is 0 Å². The SMILES string of the molecule is C=CCCC(=O)NCC(O)c1ccc(-c2cccs2)o1. The number of nitrogens with one attached hydrogen (secondary N) is 1. The minimum absolute atomic E-state index is 0.103. The molecule has 0 aromatic carbocycles. The van der Waals surface area contributed by atoms with Gasteiger partial charge < -0.3 is 14.8 Å². The van der Waals surface area contributed by atoms with E-state index in [2.05, 4.69) is 11.9 Å². The molecule has 1 atom stereocenters. The molecule has 0 saturated carbocycles. The van der Waals surface area contributed by atoms with Gasteiger partial charge in [0.15, 0.2) is 0 Å². The minimum Gasteiger partial charge on any atom is -0.457 e. The summed E-state index contributed by atoms with van der Waals surface area (Å²) in [5, 5.41) is 14.6. The molecule has 0 aliphatic rings. The monoisotopic (exact) mass is 291 g/mol. The molecule has 0 saturated heterocycles. The van der Waals surface area contributed by atoms with Gasteiger partial charge in [-0.05, 0) is 30.0 Å². The standard InChI is InChI=1S/C15H17NO3S/c1-2-3-6-15(18)16-10-11(17)12-7-8-13(19-12)14-5-4-9-20-14/h2,4-5,7-9,11,17H,1,3,6,10H2,(H,16,18). The number of aliphatic hydroxyl groups excluding tert-OH is 1. The fraction of sp³-hybridized carbons (Fsp3) is 0.267. The third-order valence-electron chi connectivity index (χ3n) is 2.79. The third-order valence-corrected chi connectivity index (χ3v) is 3.67. The highest BCUT2D eigenvalue weighted by molar-refractivity contribution is 7.13. The molecule has 1 amide bonds. The first-order valence-corrected chi connectivity index (χ1v) is 7.28. The Morgan fingerprint density at radius 1 is 1.50 bits per heavy atom. The summed E-state index contributed by atoms with van der Waals surface area (Å²) < 4.78 is 5.60. The van der Waals surface area contributed by atoms with Gasteiger partial charge in [0.05, 0.1) is 11.4 Å². The van der Waals surface area contributed by atoms with E-state index in [9.17, 15) is 9.90 Å². The number of carbonyl (C=O) groups is 1. The van der Waals surface area contributed by atoms with Crippen molar-refractivity contribution in [3.8, 4) is 10.6 Å². The van der Waals surface area contributed by atoms with Gasteiger partial charge in [-0.3, -0.25) is 4.79 Å². The van der Waals surface area contributed by atoms with Crippen molar-refractivity contribution in [2.75, 3.05) is 6.54 Å². The number of hydrogen-bond acceptors (Lipinski definition) is 4. The largest absolute Gasteiger partial charge is 0.457 e. The van der Waals surface area contributed by atoms with Crippen LogP contribution in [0, 0.1) is 0 Å². The van der Waals surface area contributed by atoms with Crippen molar-refractivity contribution in [3.63, 3.8) is 0 Å². The van der Waals surface area contributed by atoms with Crippen molar-refractivity contribution in [3.05, 3.63) is 48.1 Å². The first kappa shape index (κ1) is 14.6. The summed E-state index contributed by atoms with van der Waals surface area (Å²) in [7, 11) is 0. The Labute approximate surface area is 121 Å². The van der Waals surface area contributed by atoms with Crippen molar-refractivity contribution in [2.45, 2.75) is 18.9 Å². The lowest BCUT2D eigenvalue weighted by Crippen LogP contribution is -2.27. The predicted octanol–water partition coefficient (Wildman–Crippen LogP) is 3.12. The van der Waals surface area contributed by atoms with Crippen molar-refractivity contribution < 1.29 is 14.3 Å². The molecule has 20 heavy (non-hydrogen) atoms. The fourth-order valence-electron chi connectivity index (χ4n) is 1.72. The number of amides is 1. The Hall–Kier alpha value is -1.85. The number of hydrogen-bond donors (Lipinski definition) is 2. The topological polar surface area (TPSA) is 62.5 Å². The van der Waals surface area contributed by atoms with E-state index in [-0.39, 0.29) is 12.5 Å². The normalized spacial score (nSPS) is 12.1. The number of aliphatic hydroxyl groups is 1. The Bertz CT molecular complexity index is 559. The van der Waals surface area contributed by atoms with E-state index in [1.165, 1.54) is 0 Å². The van der Waals surface area contributed by atoms with Gasteiger partial charge in [0.25, 0.3) is 0 Å². The summed E-state index contributed by atoms with van der Waals surface area (Å²) in [6.45, 7) is 3.71. The van der Waals surface area contributed by atoms with Gasteiger partial charge >= 0.3 is 0 Å². The van der Waals surface area contributed by atoms with Gasteiger partial charge in [-0.2, -0.15) is 0 Å². The second-order valence-corrected chi connectivity index (χ2v) is 5.27. The second kappa shape index (κ2) is 7.07. The van der Waals surface area contributed by atoms with E-state index in [1.807, 2.05) is 23.6 Å². The van der Waals surface area contributed by atoms with Gasteiger partial charge in [0, 0.05) is 6.42 Å². The zero-order chi connectivity index (χ0) is 14.4. The number of furan rings is 1. The van der Waals surface area contributed by atoms with Crippen LogP contribution in [0.15, 0.2) is 46.7 Å². The maximum atomic E-state index is 11.4. The number of thiophene rings is 1. The number of carbonyl (C=O) groups excluding carboxylic acids is 1. The van der Waals surface area contributed by atoms with Crippen molar-refractivity contribution in [1.82, 2.24) is 5.32 Å². The molecule has 2 rings (SSSR count). The molecule has 0 fully saturated rings. The Morgan fingerprint density at radius 3 is 3.05 bits per heavy atom. The van der Waals surface area contributed by atoms with E-state index in [4.69, 9.17) is 4.42 Å². The van der Waals surface area contributed by atoms with Crippen LogP contribution >= 0.6 is 11.3 Å². The van der Waals surface area contributed by atoms with Crippen LogP contribution in [0.5, 0.6) is 0 Å². The molecule has 2 N–H and O–H groups in total. The highest BCUT2D eigenvalue weighted by Crippen LogP contribution is 2.28. The maximum absolute atomic E-state index is 11.4. The van der Waals surface area contributed by atoms with E-state index < -0.39 is 6.10 Å².